The van der Waals surface area contributed by atoms with Crippen LogP contribution in [0.3, 0.4) is 0 Å². The molecule has 0 aromatic heterocycles. The van der Waals surface area contributed by atoms with Crippen molar-refractivity contribution in [3.8, 4) is 5.75 Å². The molecule has 0 radical (unpaired) electrons. The molecule has 1 N–H and O–H groups in total. The molecule has 1 fully saturated rings. The number of hydrogen-bond donors (Lipinski definition) is 1. The summed E-state index contributed by atoms with van der Waals surface area (Å²) in [4.78, 5) is 12.7. The molecule has 1 aliphatic heterocycles. The normalized spacial score (nSPS) is 22.4. The van der Waals surface area contributed by atoms with E-state index >= 15 is 0 Å². The molecule has 0 saturated carbocycles. The Balaban J connectivity index is 2.17. The van der Waals surface area contributed by atoms with Gasteiger partial charge in [0.25, 0.3) is 0 Å². The molecular weight excluding hydrogens is 238 g/mol. The second-order valence-electron chi connectivity index (χ2n) is 5.24. The number of ketones is 1. The molecule has 0 spiro atoms. The van der Waals surface area contributed by atoms with Crippen molar-refractivity contribution in [3.63, 3.8) is 0 Å². The van der Waals surface area contributed by atoms with Crippen LogP contribution >= 0.6 is 0 Å². The van der Waals surface area contributed by atoms with Crippen LogP contribution in [0.15, 0.2) is 24.3 Å². The molecule has 1 aliphatic rings. The molecule has 1 aromatic carbocycles. The van der Waals surface area contributed by atoms with Crippen molar-refractivity contribution in [3.05, 3.63) is 29.8 Å². The summed E-state index contributed by atoms with van der Waals surface area (Å²) in [6.07, 6.45) is 2.96. The Bertz CT molecular complexity index is 419. The fourth-order valence-electron chi connectivity index (χ4n) is 2.92. The minimum absolute atomic E-state index is 0.193. The van der Waals surface area contributed by atoms with Crippen molar-refractivity contribution in [2.75, 3.05) is 19.7 Å². The van der Waals surface area contributed by atoms with Gasteiger partial charge in [-0.25, -0.2) is 0 Å². The Kier molecular flexibility index (Phi) is 4.59. The van der Waals surface area contributed by atoms with Crippen LogP contribution < -0.4 is 10.1 Å². The molecule has 1 saturated heterocycles. The molecule has 1 heterocycles. The lowest BCUT2D eigenvalue weighted by Gasteiger charge is -2.26. The van der Waals surface area contributed by atoms with Crippen LogP contribution in [0.5, 0.6) is 5.75 Å². The van der Waals surface area contributed by atoms with Crippen molar-refractivity contribution in [1.29, 1.82) is 0 Å². The average Bonchev–Trinajstić information content (AvgIpc) is 2.89. The van der Waals surface area contributed by atoms with Gasteiger partial charge in [-0.3, -0.25) is 4.79 Å². The van der Waals surface area contributed by atoms with Crippen LogP contribution in [0.4, 0.5) is 0 Å². The van der Waals surface area contributed by atoms with Gasteiger partial charge in [0.05, 0.1) is 6.61 Å². The number of hydrogen-bond acceptors (Lipinski definition) is 3. The van der Waals surface area contributed by atoms with Gasteiger partial charge in [0.15, 0.2) is 5.78 Å². The van der Waals surface area contributed by atoms with Gasteiger partial charge in [-0.2, -0.15) is 0 Å². The second-order valence-corrected chi connectivity index (χ2v) is 5.24. The zero-order chi connectivity index (χ0) is 13.7. The number of Topliss-reactive ketones (excluding diaryl/α,β-unsaturated/α-hetero) is 1. The third kappa shape index (κ3) is 2.98. The van der Waals surface area contributed by atoms with Crippen molar-refractivity contribution in [1.82, 2.24) is 5.32 Å². The van der Waals surface area contributed by atoms with Gasteiger partial charge in [0.1, 0.15) is 5.75 Å². The lowest BCUT2D eigenvalue weighted by atomic mass is 9.76. The van der Waals surface area contributed by atoms with Gasteiger partial charge in [-0.15, -0.1) is 0 Å². The van der Waals surface area contributed by atoms with Crippen LogP contribution in [-0.4, -0.2) is 25.5 Å². The zero-order valence-electron chi connectivity index (χ0n) is 11.9. The van der Waals surface area contributed by atoms with Crippen molar-refractivity contribution in [2.24, 2.45) is 5.41 Å². The molecule has 0 amide bonds. The van der Waals surface area contributed by atoms with E-state index in [1.54, 1.807) is 0 Å². The molecule has 0 bridgehead atoms. The summed E-state index contributed by atoms with van der Waals surface area (Å²) in [5, 5.41) is 3.33. The maximum atomic E-state index is 12.7. The van der Waals surface area contributed by atoms with E-state index < -0.39 is 0 Å². The number of carbonyl (C=O) groups excluding carboxylic acids is 1. The Labute approximate surface area is 115 Å². The number of benzene rings is 1. The van der Waals surface area contributed by atoms with Gasteiger partial charge in [-0.1, -0.05) is 13.3 Å². The summed E-state index contributed by atoms with van der Waals surface area (Å²) in [5.74, 6) is 1.11. The molecular formula is C16H23NO2. The molecule has 2 rings (SSSR count). The average molecular weight is 261 g/mol. The van der Waals surface area contributed by atoms with Crippen LogP contribution in [0, 0.1) is 5.41 Å². The quantitative estimate of drug-likeness (QED) is 0.800. The van der Waals surface area contributed by atoms with E-state index in [2.05, 4.69) is 12.2 Å². The molecule has 19 heavy (non-hydrogen) atoms. The van der Waals surface area contributed by atoms with Crippen molar-refractivity contribution >= 4 is 5.78 Å². The molecule has 1 aromatic rings. The highest BCUT2D eigenvalue weighted by Crippen LogP contribution is 2.35. The first-order chi connectivity index (χ1) is 9.22. The summed E-state index contributed by atoms with van der Waals surface area (Å²) in [6, 6.07) is 7.56. The van der Waals surface area contributed by atoms with Crippen LogP contribution in [0.25, 0.3) is 0 Å². The van der Waals surface area contributed by atoms with E-state index in [1.165, 1.54) is 0 Å². The summed E-state index contributed by atoms with van der Waals surface area (Å²) in [7, 11) is 0. The molecule has 1 unspecified atom stereocenters. The Hall–Kier alpha value is -1.35. The second kappa shape index (κ2) is 6.20. The van der Waals surface area contributed by atoms with Crippen molar-refractivity contribution < 1.29 is 9.53 Å². The first kappa shape index (κ1) is 14.1. The zero-order valence-corrected chi connectivity index (χ0v) is 11.9. The fourth-order valence-corrected chi connectivity index (χ4v) is 2.92. The lowest BCUT2D eigenvalue weighted by Crippen LogP contribution is -2.33. The largest absolute Gasteiger partial charge is 0.494 e. The SMILES string of the molecule is CCCC1(C(=O)c2ccc(OCC)cc2)CCNC1. The number of nitrogens with one attached hydrogen (secondary N) is 1. The Morgan fingerprint density at radius 1 is 1.32 bits per heavy atom. The van der Waals surface area contributed by atoms with Crippen LogP contribution in [-0.2, 0) is 0 Å². The number of rotatable bonds is 6. The van der Waals surface area contributed by atoms with E-state index in [9.17, 15) is 4.79 Å². The summed E-state index contributed by atoms with van der Waals surface area (Å²) < 4.78 is 5.42. The Morgan fingerprint density at radius 2 is 2.05 bits per heavy atom. The van der Waals surface area contributed by atoms with Gasteiger partial charge in [0, 0.05) is 17.5 Å². The summed E-state index contributed by atoms with van der Waals surface area (Å²) >= 11 is 0. The van der Waals surface area contributed by atoms with Crippen LogP contribution in [0.2, 0.25) is 0 Å². The highest BCUT2D eigenvalue weighted by Gasteiger charge is 2.40. The predicted molar refractivity (Wildman–Crippen MR) is 76.8 cm³/mol. The van der Waals surface area contributed by atoms with E-state index in [1.807, 2.05) is 31.2 Å². The van der Waals surface area contributed by atoms with Gasteiger partial charge in [0.2, 0.25) is 0 Å². The van der Waals surface area contributed by atoms with E-state index in [4.69, 9.17) is 4.74 Å². The third-order valence-corrected chi connectivity index (χ3v) is 3.88. The minimum atomic E-state index is -0.193. The highest BCUT2D eigenvalue weighted by molar-refractivity contribution is 6.01. The number of ether oxygens (including phenoxy) is 1. The molecule has 3 nitrogen and oxygen atoms in total. The van der Waals surface area contributed by atoms with E-state index in [0.717, 1.165) is 43.7 Å². The lowest BCUT2D eigenvalue weighted by molar-refractivity contribution is 0.0802. The van der Waals surface area contributed by atoms with Crippen LogP contribution in [0.1, 0.15) is 43.5 Å². The first-order valence-electron chi connectivity index (χ1n) is 7.20. The van der Waals surface area contributed by atoms with Gasteiger partial charge in [-0.05, 0) is 50.6 Å². The third-order valence-electron chi connectivity index (χ3n) is 3.88. The topological polar surface area (TPSA) is 38.3 Å². The standard InChI is InChI=1S/C16H23NO2/c1-3-9-16(10-11-17-12-16)15(18)13-5-7-14(8-6-13)19-4-2/h5-8,17H,3-4,9-12H2,1-2H3. The summed E-state index contributed by atoms with van der Waals surface area (Å²) in [6.45, 7) is 6.51. The minimum Gasteiger partial charge on any atom is -0.494 e. The van der Waals surface area contributed by atoms with Gasteiger partial charge >= 0.3 is 0 Å². The smallest absolute Gasteiger partial charge is 0.170 e. The Morgan fingerprint density at radius 3 is 2.58 bits per heavy atom. The fraction of sp³-hybridized carbons (Fsp3) is 0.562. The number of carbonyl (C=O) groups is 1. The maximum absolute atomic E-state index is 12.7. The van der Waals surface area contributed by atoms with Gasteiger partial charge < -0.3 is 10.1 Å². The molecule has 0 aliphatic carbocycles. The highest BCUT2D eigenvalue weighted by atomic mass is 16.5. The predicted octanol–water partition coefficient (Wildman–Crippen LogP) is 3.05. The monoisotopic (exact) mass is 261 g/mol. The van der Waals surface area contributed by atoms with Crippen molar-refractivity contribution in [2.45, 2.75) is 33.1 Å². The molecule has 104 valence electrons. The van der Waals surface area contributed by atoms with E-state index in [-0.39, 0.29) is 11.2 Å². The maximum Gasteiger partial charge on any atom is 0.170 e. The molecule has 1 atom stereocenters. The molecule has 3 heteroatoms. The summed E-state index contributed by atoms with van der Waals surface area (Å²) in [5.41, 5.74) is 0.614. The first-order valence-corrected chi connectivity index (χ1v) is 7.20. The van der Waals surface area contributed by atoms with E-state index in [0.29, 0.717) is 6.61 Å².